The van der Waals surface area contributed by atoms with Crippen molar-refractivity contribution in [2.75, 3.05) is 46.5 Å². The van der Waals surface area contributed by atoms with Gasteiger partial charge in [0, 0.05) is 25.7 Å². The second-order valence-electron chi connectivity index (χ2n) is 11.2. The van der Waals surface area contributed by atoms with Crippen molar-refractivity contribution in [3.05, 3.63) is 83.1 Å². The van der Waals surface area contributed by atoms with Crippen molar-refractivity contribution in [2.45, 2.75) is 51.1 Å². The number of aliphatic hydroxyl groups excluding tert-OH is 1. The highest BCUT2D eigenvalue weighted by Gasteiger charge is 2.35. The lowest BCUT2D eigenvalue weighted by molar-refractivity contribution is 0.115. The van der Waals surface area contributed by atoms with Crippen LogP contribution in [0.3, 0.4) is 0 Å². The molecule has 2 aliphatic carbocycles. The third-order valence-electron chi connectivity index (χ3n) is 8.69. The minimum atomic E-state index is 0.105. The summed E-state index contributed by atoms with van der Waals surface area (Å²) in [6, 6.07) is 14.4. The van der Waals surface area contributed by atoms with Crippen LogP contribution in [-0.4, -0.2) is 72.6 Å². The molecule has 2 unspecified atom stereocenters. The molecule has 1 heterocycles. The normalized spacial score (nSPS) is 23.4. The molecule has 2 N–H and O–H groups in total. The molecule has 5 rings (SSSR count). The molecular formula is C33H44N2O4. The Morgan fingerprint density at radius 3 is 2.62 bits per heavy atom. The van der Waals surface area contributed by atoms with Crippen LogP contribution in [0.2, 0.25) is 0 Å². The summed E-state index contributed by atoms with van der Waals surface area (Å²) in [4.78, 5) is 4.88. The number of piperidine rings is 1. The molecule has 0 bridgehead atoms. The number of fused-ring (bicyclic) bond motifs is 1. The molecule has 1 saturated heterocycles. The monoisotopic (exact) mass is 532 g/mol. The first kappa shape index (κ1) is 27.8. The molecule has 3 aliphatic rings. The minimum Gasteiger partial charge on any atom is -0.508 e. The van der Waals surface area contributed by atoms with E-state index in [0.717, 1.165) is 50.5 Å². The van der Waals surface area contributed by atoms with E-state index >= 15 is 0 Å². The van der Waals surface area contributed by atoms with Gasteiger partial charge in [-0.1, -0.05) is 30.7 Å². The van der Waals surface area contributed by atoms with E-state index in [0.29, 0.717) is 24.1 Å². The number of allylic oxidation sites excluding steroid dienone is 1. The van der Waals surface area contributed by atoms with Gasteiger partial charge >= 0.3 is 0 Å². The first-order valence-corrected chi connectivity index (χ1v) is 14.7. The first-order chi connectivity index (χ1) is 19.1. The summed E-state index contributed by atoms with van der Waals surface area (Å²) in [5, 5.41) is 19.9. The summed E-state index contributed by atoms with van der Waals surface area (Å²) in [6.07, 6.45) is 13.6. The van der Waals surface area contributed by atoms with Crippen LogP contribution in [0, 0.1) is 11.8 Å². The van der Waals surface area contributed by atoms with Gasteiger partial charge in [-0.25, -0.2) is 0 Å². The van der Waals surface area contributed by atoms with Gasteiger partial charge in [0.1, 0.15) is 23.9 Å². The predicted octanol–water partition coefficient (Wildman–Crippen LogP) is 4.94. The molecule has 6 nitrogen and oxygen atoms in total. The Labute approximate surface area is 233 Å². The number of aliphatic hydroxyl groups is 1. The Balaban J connectivity index is 1.25. The van der Waals surface area contributed by atoms with E-state index < -0.39 is 0 Å². The average Bonchev–Trinajstić information content (AvgIpc) is 2.98. The molecular weight excluding hydrogens is 488 g/mol. The van der Waals surface area contributed by atoms with Gasteiger partial charge in [0.25, 0.3) is 0 Å². The number of methoxy groups -OCH3 is 1. The van der Waals surface area contributed by atoms with Gasteiger partial charge in [0.15, 0.2) is 0 Å². The fourth-order valence-corrected chi connectivity index (χ4v) is 6.54. The Morgan fingerprint density at radius 2 is 1.85 bits per heavy atom. The molecule has 210 valence electrons. The third kappa shape index (κ3) is 7.24. The van der Waals surface area contributed by atoms with Crippen molar-refractivity contribution >= 4 is 0 Å². The fraction of sp³-hybridized carbons (Fsp3) is 0.515. The molecule has 0 aromatic heterocycles. The van der Waals surface area contributed by atoms with Gasteiger partial charge in [0.2, 0.25) is 0 Å². The zero-order valence-corrected chi connectivity index (χ0v) is 23.3. The van der Waals surface area contributed by atoms with Crippen LogP contribution in [0.5, 0.6) is 11.5 Å². The number of aromatic hydroxyl groups is 1. The van der Waals surface area contributed by atoms with Crippen LogP contribution in [0.25, 0.3) is 0 Å². The SMILES string of the molecule is COC1=CC(N(CCO)Cc2ccc(OCCN3CCCCC3)cc2)C([C@@H]2CCc3cc(O)ccc3C2)C=C1. The number of likely N-dealkylation sites (tertiary alicyclic amines) is 1. The topological polar surface area (TPSA) is 65.4 Å². The van der Waals surface area contributed by atoms with Crippen LogP contribution in [-0.2, 0) is 24.1 Å². The fourth-order valence-electron chi connectivity index (χ4n) is 6.54. The average molecular weight is 533 g/mol. The summed E-state index contributed by atoms with van der Waals surface area (Å²) in [5.41, 5.74) is 3.81. The largest absolute Gasteiger partial charge is 0.508 e. The maximum Gasteiger partial charge on any atom is 0.119 e. The summed E-state index contributed by atoms with van der Waals surface area (Å²) < 4.78 is 11.7. The van der Waals surface area contributed by atoms with Crippen molar-refractivity contribution < 1.29 is 19.7 Å². The molecule has 0 amide bonds. The number of ether oxygens (including phenoxy) is 2. The van der Waals surface area contributed by atoms with Gasteiger partial charge in [0.05, 0.1) is 13.7 Å². The van der Waals surface area contributed by atoms with Crippen molar-refractivity contribution in [2.24, 2.45) is 11.8 Å². The number of phenols is 1. The Hall–Kier alpha value is -2.80. The second kappa shape index (κ2) is 13.5. The summed E-state index contributed by atoms with van der Waals surface area (Å²) >= 11 is 0. The van der Waals surface area contributed by atoms with Crippen LogP contribution < -0.4 is 4.74 Å². The minimum absolute atomic E-state index is 0.105. The maximum atomic E-state index is 10.0. The lowest BCUT2D eigenvalue weighted by Gasteiger charge is -2.41. The molecule has 0 spiro atoms. The van der Waals surface area contributed by atoms with Gasteiger partial charge in [-0.3, -0.25) is 9.80 Å². The number of benzene rings is 2. The highest BCUT2D eigenvalue weighted by molar-refractivity contribution is 5.37. The number of hydrogen-bond acceptors (Lipinski definition) is 6. The molecule has 3 atom stereocenters. The summed E-state index contributed by atoms with van der Waals surface area (Å²) in [7, 11) is 1.72. The van der Waals surface area contributed by atoms with E-state index in [2.05, 4.69) is 58.4 Å². The molecule has 39 heavy (non-hydrogen) atoms. The van der Waals surface area contributed by atoms with E-state index in [1.165, 1.54) is 49.0 Å². The number of rotatable bonds is 11. The Bertz CT molecular complexity index is 1120. The van der Waals surface area contributed by atoms with Crippen molar-refractivity contribution in [1.82, 2.24) is 9.80 Å². The molecule has 2 aromatic carbocycles. The number of nitrogens with zero attached hydrogens (tertiary/aromatic N) is 2. The molecule has 1 aliphatic heterocycles. The number of aryl methyl sites for hydroxylation is 1. The van der Waals surface area contributed by atoms with Gasteiger partial charge in [-0.2, -0.15) is 0 Å². The summed E-state index contributed by atoms with van der Waals surface area (Å²) in [5.74, 6) is 2.93. The number of phenolic OH excluding ortho intramolecular Hbond substituents is 1. The third-order valence-corrected chi connectivity index (χ3v) is 8.69. The first-order valence-electron chi connectivity index (χ1n) is 14.7. The molecule has 2 aromatic rings. The van der Waals surface area contributed by atoms with E-state index in [1.807, 2.05) is 6.07 Å². The molecule has 1 fully saturated rings. The van der Waals surface area contributed by atoms with E-state index in [4.69, 9.17) is 9.47 Å². The van der Waals surface area contributed by atoms with Gasteiger partial charge in [-0.15, -0.1) is 0 Å². The molecule has 6 heteroatoms. The lowest BCUT2D eigenvalue weighted by atomic mass is 9.72. The van der Waals surface area contributed by atoms with E-state index in [1.54, 1.807) is 13.2 Å². The zero-order chi connectivity index (χ0) is 27.0. The molecule has 0 saturated carbocycles. The second-order valence-corrected chi connectivity index (χ2v) is 11.2. The Morgan fingerprint density at radius 1 is 1.03 bits per heavy atom. The predicted molar refractivity (Wildman–Crippen MR) is 155 cm³/mol. The smallest absolute Gasteiger partial charge is 0.119 e. The Kier molecular flexibility index (Phi) is 9.62. The van der Waals surface area contributed by atoms with E-state index in [-0.39, 0.29) is 12.6 Å². The van der Waals surface area contributed by atoms with Crippen LogP contribution in [0.1, 0.15) is 42.4 Å². The van der Waals surface area contributed by atoms with Crippen LogP contribution >= 0.6 is 0 Å². The maximum absolute atomic E-state index is 10.0. The van der Waals surface area contributed by atoms with Crippen molar-refractivity contribution in [3.8, 4) is 11.5 Å². The summed E-state index contributed by atoms with van der Waals surface area (Å²) in [6.45, 7) is 5.53. The van der Waals surface area contributed by atoms with Gasteiger partial charge in [-0.05, 0) is 110 Å². The van der Waals surface area contributed by atoms with Crippen LogP contribution in [0.15, 0.2) is 66.5 Å². The van der Waals surface area contributed by atoms with E-state index in [9.17, 15) is 10.2 Å². The highest BCUT2D eigenvalue weighted by atomic mass is 16.5. The number of hydrogen-bond donors (Lipinski definition) is 2. The molecule has 0 radical (unpaired) electrons. The van der Waals surface area contributed by atoms with Crippen molar-refractivity contribution in [1.29, 1.82) is 0 Å². The zero-order valence-electron chi connectivity index (χ0n) is 23.3. The van der Waals surface area contributed by atoms with Gasteiger partial charge < -0.3 is 19.7 Å². The lowest BCUT2D eigenvalue weighted by Crippen LogP contribution is -2.44. The standard InChI is InChI=1S/C33H44N2O4/c1-38-31-13-14-32(28-8-7-27-22-29(37)10-9-26(27)21-28)33(23-31)35(17-19-36)24-25-5-11-30(12-6-25)39-20-18-34-15-3-2-4-16-34/h5-6,9-14,22-23,28,32-33,36-37H,2-4,7-8,15-21,24H2,1H3/t28-,32?,33?/m1/s1. The quantitative estimate of drug-likeness (QED) is 0.427. The van der Waals surface area contributed by atoms with Crippen LogP contribution in [0.4, 0.5) is 0 Å². The van der Waals surface area contributed by atoms with Crippen molar-refractivity contribution in [3.63, 3.8) is 0 Å². The highest BCUT2D eigenvalue weighted by Crippen LogP contribution is 2.38.